The Balaban J connectivity index is 1.74. The summed E-state index contributed by atoms with van der Waals surface area (Å²) in [4.78, 5) is 2.54. The summed E-state index contributed by atoms with van der Waals surface area (Å²) in [6.07, 6.45) is 2.50. The molecule has 0 N–H and O–H groups in total. The van der Waals surface area contributed by atoms with E-state index in [-0.39, 0.29) is 0 Å². The molecule has 0 aliphatic carbocycles. The number of likely N-dealkylation sites (tertiary alicyclic amines) is 1. The fourth-order valence-corrected chi connectivity index (χ4v) is 2.99. The van der Waals surface area contributed by atoms with Crippen LogP contribution in [0.1, 0.15) is 35.6 Å². The van der Waals surface area contributed by atoms with Gasteiger partial charge < -0.3 is 0 Å². The summed E-state index contributed by atoms with van der Waals surface area (Å²) < 4.78 is 0. The monoisotopic (exact) mass is 262 g/mol. The standard InChI is InChI=1S/C18H18N2/c19-13-15-8-10-16(11-9-15)14-20-12-4-7-18(20)17-5-2-1-3-6-17/h1-3,5-6,8-11,18H,4,7,12,14H2/t18-/m0/s1. The first-order valence-electron chi connectivity index (χ1n) is 7.15. The molecule has 3 rings (SSSR count). The SMILES string of the molecule is N#Cc1ccc(CN2CCC[C@H]2c2ccccc2)cc1. The molecule has 20 heavy (non-hydrogen) atoms. The molecule has 0 amide bonds. The van der Waals surface area contributed by atoms with Crippen LogP contribution in [0, 0.1) is 11.3 Å². The molecule has 2 heteroatoms. The molecular formula is C18H18N2. The largest absolute Gasteiger partial charge is 0.292 e. The second kappa shape index (κ2) is 5.90. The van der Waals surface area contributed by atoms with E-state index in [4.69, 9.17) is 5.26 Å². The Morgan fingerprint density at radius 2 is 1.80 bits per heavy atom. The third kappa shape index (κ3) is 2.74. The first-order valence-corrected chi connectivity index (χ1v) is 7.15. The predicted molar refractivity (Wildman–Crippen MR) is 80.0 cm³/mol. The van der Waals surface area contributed by atoms with Gasteiger partial charge in [0.25, 0.3) is 0 Å². The quantitative estimate of drug-likeness (QED) is 0.839. The highest BCUT2D eigenvalue weighted by Gasteiger charge is 2.25. The van der Waals surface area contributed by atoms with Crippen molar-refractivity contribution < 1.29 is 0 Å². The van der Waals surface area contributed by atoms with Crippen molar-refractivity contribution in [3.63, 3.8) is 0 Å². The number of hydrogen-bond donors (Lipinski definition) is 0. The Morgan fingerprint density at radius 1 is 1.05 bits per heavy atom. The number of nitrogens with zero attached hydrogens (tertiary/aromatic N) is 2. The van der Waals surface area contributed by atoms with Crippen molar-refractivity contribution >= 4 is 0 Å². The van der Waals surface area contributed by atoms with Gasteiger partial charge in [0.1, 0.15) is 0 Å². The van der Waals surface area contributed by atoms with Crippen LogP contribution in [0.5, 0.6) is 0 Å². The van der Waals surface area contributed by atoms with Crippen LogP contribution < -0.4 is 0 Å². The van der Waals surface area contributed by atoms with Crippen LogP contribution in [-0.4, -0.2) is 11.4 Å². The van der Waals surface area contributed by atoms with Crippen molar-refractivity contribution in [2.45, 2.75) is 25.4 Å². The third-order valence-corrected chi connectivity index (χ3v) is 4.02. The number of hydrogen-bond acceptors (Lipinski definition) is 2. The highest BCUT2D eigenvalue weighted by Crippen LogP contribution is 2.32. The maximum atomic E-state index is 8.84. The minimum Gasteiger partial charge on any atom is -0.292 e. The van der Waals surface area contributed by atoms with Crippen molar-refractivity contribution in [1.82, 2.24) is 4.90 Å². The van der Waals surface area contributed by atoms with Crippen molar-refractivity contribution in [3.8, 4) is 6.07 Å². The fourth-order valence-electron chi connectivity index (χ4n) is 2.99. The van der Waals surface area contributed by atoms with E-state index in [9.17, 15) is 0 Å². The second-order valence-electron chi connectivity index (χ2n) is 5.35. The zero-order valence-corrected chi connectivity index (χ0v) is 11.5. The minimum atomic E-state index is 0.534. The fraction of sp³-hybridized carbons (Fsp3) is 0.278. The molecule has 100 valence electrons. The summed E-state index contributed by atoms with van der Waals surface area (Å²) in [6, 6.07) is 21.4. The number of rotatable bonds is 3. The molecule has 1 atom stereocenters. The van der Waals surface area contributed by atoms with E-state index in [1.807, 2.05) is 12.1 Å². The average Bonchev–Trinajstić information content (AvgIpc) is 2.97. The number of benzene rings is 2. The van der Waals surface area contributed by atoms with Gasteiger partial charge in [-0.3, -0.25) is 4.90 Å². The van der Waals surface area contributed by atoms with Crippen molar-refractivity contribution in [3.05, 3.63) is 71.3 Å². The summed E-state index contributed by atoms with van der Waals surface area (Å²) in [5.74, 6) is 0. The lowest BCUT2D eigenvalue weighted by Gasteiger charge is -2.25. The van der Waals surface area contributed by atoms with Crippen molar-refractivity contribution in [1.29, 1.82) is 5.26 Å². The topological polar surface area (TPSA) is 27.0 Å². The average molecular weight is 262 g/mol. The van der Waals surface area contributed by atoms with Gasteiger partial charge >= 0.3 is 0 Å². The number of nitriles is 1. The van der Waals surface area contributed by atoms with Crippen molar-refractivity contribution in [2.24, 2.45) is 0 Å². The van der Waals surface area contributed by atoms with Crippen LogP contribution in [0.3, 0.4) is 0 Å². The van der Waals surface area contributed by atoms with Gasteiger partial charge in [-0.05, 0) is 42.6 Å². The molecule has 1 fully saturated rings. The smallest absolute Gasteiger partial charge is 0.0991 e. The molecule has 1 aliphatic heterocycles. The molecule has 2 aromatic carbocycles. The molecule has 0 saturated carbocycles. The van der Waals surface area contributed by atoms with Gasteiger partial charge in [-0.15, -0.1) is 0 Å². The van der Waals surface area contributed by atoms with Crippen molar-refractivity contribution in [2.75, 3.05) is 6.54 Å². The molecule has 2 nitrogen and oxygen atoms in total. The summed E-state index contributed by atoms with van der Waals surface area (Å²) in [5.41, 5.74) is 3.43. The van der Waals surface area contributed by atoms with E-state index in [2.05, 4.69) is 53.4 Å². The molecule has 1 heterocycles. The summed E-state index contributed by atoms with van der Waals surface area (Å²) in [5, 5.41) is 8.84. The van der Waals surface area contributed by atoms with Gasteiger partial charge in [0.2, 0.25) is 0 Å². The summed E-state index contributed by atoms with van der Waals surface area (Å²) in [6.45, 7) is 2.12. The molecule has 1 saturated heterocycles. The maximum Gasteiger partial charge on any atom is 0.0991 e. The van der Waals surface area contributed by atoms with Crippen LogP contribution in [0.4, 0.5) is 0 Å². The molecule has 0 radical (unpaired) electrons. The van der Waals surface area contributed by atoms with E-state index in [0.717, 1.165) is 18.7 Å². The normalized spacial score (nSPS) is 18.9. The Kier molecular flexibility index (Phi) is 3.80. The second-order valence-corrected chi connectivity index (χ2v) is 5.35. The summed E-state index contributed by atoms with van der Waals surface area (Å²) >= 11 is 0. The van der Waals surface area contributed by atoms with E-state index < -0.39 is 0 Å². The molecular weight excluding hydrogens is 244 g/mol. The van der Waals surface area contributed by atoms with Gasteiger partial charge in [0, 0.05) is 12.6 Å². The Hall–Kier alpha value is -2.11. The van der Waals surface area contributed by atoms with E-state index >= 15 is 0 Å². The minimum absolute atomic E-state index is 0.534. The molecule has 0 bridgehead atoms. The molecule has 1 aliphatic rings. The molecule has 2 aromatic rings. The zero-order valence-electron chi connectivity index (χ0n) is 11.5. The van der Waals surface area contributed by atoms with E-state index in [1.54, 1.807) is 0 Å². The lowest BCUT2D eigenvalue weighted by atomic mass is 10.0. The first-order chi connectivity index (χ1) is 9.86. The van der Waals surface area contributed by atoms with Crippen LogP contribution in [-0.2, 0) is 6.54 Å². The zero-order chi connectivity index (χ0) is 13.8. The lowest BCUT2D eigenvalue weighted by Crippen LogP contribution is -2.22. The molecule has 0 spiro atoms. The lowest BCUT2D eigenvalue weighted by molar-refractivity contribution is 0.248. The molecule has 0 unspecified atom stereocenters. The maximum absolute atomic E-state index is 8.84. The Bertz CT molecular complexity index is 596. The highest BCUT2D eigenvalue weighted by molar-refractivity contribution is 5.31. The van der Waals surface area contributed by atoms with Crippen LogP contribution in [0.25, 0.3) is 0 Å². The van der Waals surface area contributed by atoms with Gasteiger partial charge in [-0.25, -0.2) is 0 Å². The summed E-state index contributed by atoms with van der Waals surface area (Å²) in [7, 11) is 0. The van der Waals surface area contributed by atoms with Gasteiger partial charge in [-0.1, -0.05) is 42.5 Å². The van der Waals surface area contributed by atoms with Crippen LogP contribution in [0.2, 0.25) is 0 Å². The predicted octanol–water partition coefficient (Wildman–Crippen LogP) is 3.90. The Morgan fingerprint density at radius 3 is 2.50 bits per heavy atom. The van der Waals surface area contributed by atoms with Gasteiger partial charge in [0.05, 0.1) is 11.6 Å². The highest BCUT2D eigenvalue weighted by atomic mass is 15.2. The first kappa shape index (κ1) is 12.9. The van der Waals surface area contributed by atoms with Gasteiger partial charge in [-0.2, -0.15) is 5.26 Å². The molecule has 0 aromatic heterocycles. The van der Waals surface area contributed by atoms with Gasteiger partial charge in [0.15, 0.2) is 0 Å². The van der Waals surface area contributed by atoms with Crippen LogP contribution in [0.15, 0.2) is 54.6 Å². The van der Waals surface area contributed by atoms with Crippen LogP contribution >= 0.6 is 0 Å². The van der Waals surface area contributed by atoms with E-state index in [1.165, 1.54) is 24.0 Å². The van der Waals surface area contributed by atoms with E-state index in [0.29, 0.717) is 6.04 Å². The Labute approximate surface area is 120 Å². The third-order valence-electron chi connectivity index (χ3n) is 4.02.